The first-order valence-electron chi connectivity index (χ1n) is 4.54. The second-order valence-electron chi connectivity index (χ2n) is 3.55. The summed E-state index contributed by atoms with van der Waals surface area (Å²) in [7, 11) is -3.61. The van der Waals surface area contributed by atoms with Gasteiger partial charge in [0.15, 0.2) is 0 Å². The van der Waals surface area contributed by atoms with Crippen molar-refractivity contribution in [3.8, 4) is 0 Å². The fourth-order valence-electron chi connectivity index (χ4n) is 0.796. The van der Waals surface area contributed by atoms with Crippen LogP contribution in [0, 0.1) is 0 Å². The van der Waals surface area contributed by atoms with E-state index in [1.807, 2.05) is 0 Å². The summed E-state index contributed by atoms with van der Waals surface area (Å²) in [6.45, 7) is 4.81. The summed E-state index contributed by atoms with van der Waals surface area (Å²) in [6, 6.07) is 0. The van der Waals surface area contributed by atoms with Gasteiger partial charge < -0.3 is 9.84 Å². The van der Waals surface area contributed by atoms with E-state index in [1.165, 1.54) is 13.8 Å². The average molecular weight is 239 g/mol. The van der Waals surface area contributed by atoms with E-state index in [2.05, 4.69) is 4.72 Å². The molecule has 0 heterocycles. The zero-order valence-corrected chi connectivity index (χ0v) is 9.93. The van der Waals surface area contributed by atoms with Crippen LogP contribution < -0.4 is 4.72 Å². The molecule has 0 radical (unpaired) electrons. The van der Waals surface area contributed by atoms with Gasteiger partial charge in [0.1, 0.15) is 5.54 Å². The number of hydrogen-bond acceptors (Lipinski definition) is 4. The Morgan fingerprint density at radius 3 is 2.40 bits per heavy atom. The van der Waals surface area contributed by atoms with Crippen LogP contribution >= 0.6 is 0 Å². The molecule has 0 atom stereocenters. The fraction of sp³-hybridized carbons (Fsp3) is 0.875. The van der Waals surface area contributed by atoms with Crippen LogP contribution in [-0.4, -0.2) is 44.0 Å². The summed E-state index contributed by atoms with van der Waals surface area (Å²) in [6.07, 6.45) is 0. The van der Waals surface area contributed by atoms with Gasteiger partial charge in [-0.15, -0.1) is 0 Å². The van der Waals surface area contributed by atoms with Crippen LogP contribution in [0.4, 0.5) is 0 Å². The van der Waals surface area contributed by atoms with Crippen molar-refractivity contribution in [1.29, 1.82) is 0 Å². The average Bonchev–Trinajstić information content (AvgIpc) is 2.01. The molecule has 0 unspecified atom stereocenters. The van der Waals surface area contributed by atoms with Gasteiger partial charge in [-0.25, -0.2) is 8.42 Å². The molecular weight excluding hydrogens is 222 g/mol. The Morgan fingerprint density at radius 2 is 2.00 bits per heavy atom. The largest absolute Gasteiger partial charge is 0.480 e. The number of sulfonamides is 1. The number of hydrogen-bond donors (Lipinski definition) is 2. The van der Waals surface area contributed by atoms with Crippen molar-refractivity contribution in [3.05, 3.63) is 0 Å². The van der Waals surface area contributed by atoms with Gasteiger partial charge in [0.25, 0.3) is 0 Å². The molecule has 6 nitrogen and oxygen atoms in total. The maximum atomic E-state index is 11.4. The first-order chi connectivity index (χ1) is 6.71. The highest BCUT2D eigenvalue weighted by atomic mass is 32.2. The smallest absolute Gasteiger partial charge is 0.324 e. The van der Waals surface area contributed by atoms with Crippen LogP contribution in [-0.2, 0) is 19.6 Å². The Balaban J connectivity index is 4.32. The number of nitrogens with one attached hydrogen (secondary N) is 1. The number of carboxylic acid groups (broad SMARTS) is 1. The lowest BCUT2D eigenvalue weighted by Gasteiger charge is -2.20. The van der Waals surface area contributed by atoms with Gasteiger partial charge in [0.2, 0.25) is 10.0 Å². The maximum absolute atomic E-state index is 11.4. The van der Waals surface area contributed by atoms with Crippen molar-refractivity contribution >= 4 is 16.0 Å². The predicted molar refractivity (Wildman–Crippen MR) is 55.1 cm³/mol. The molecule has 0 aromatic carbocycles. The van der Waals surface area contributed by atoms with Gasteiger partial charge in [0, 0.05) is 6.61 Å². The molecular formula is C8H17NO5S. The Kier molecular flexibility index (Phi) is 5.19. The van der Waals surface area contributed by atoms with Crippen molar-refractivity contribution in [2.45, 2.75) is 26.3 Å². The number of carbonyl (C=O) groups is 1. The van der Waals surface area contributed by atoms with Crippen LogP contribution in [0.15, 0.2) is 0 Å². The molecule has 0 saturated carbocycles. The summed E-state index contributed by atoms with van der Waals surface area (Å²) in [5.41, 5.74) is -1.49. The van der Waals surface area contributed by atoms with Crippen molar-refractivity contribution in [3.63, 3.8) is 0 Å². The summed E-state index contributed by atoms with van der Waals surface area (Å²) in [5.74, 6) is -1.46. The van der Waals surface area contributed by atoms with Crippen LogP contribution in [0.2, 0.25) is 0 Å². The Hall–Kier alpha value is -0.660. The third-order valence-electron chi connectivity index (χ3n) is 1.65. The van der Waals surface area contributed by atoms with Gasteiger partial charge in [-0.1, -0.05) is 0 Å². The minimum Gasteiger partial charge on any atom is -0.480 e. The lowest BCUT2D eigenvalue weighted by Crippen LogP contribution is -2.50. The standard InChI is InChI=1S/C8H17NO5S/c1-4-14-5-6-15(12,13)9-8(2,3)7(10)11/h9H,4-6H2,1-3H3,(H,10,11). The van der Waals surface area contributed by atoms with Gasteiger partial charge in [-0.2, -0.15) is 4.72 Å². The SMILES string of the molecule is CCOCCS(=O)(=O)NC(C)(C)C(=O)O. The van der Waals surface area contributed by atoms with Gasteiger partial charge in [0.05, 0.1) is 12.4 Å². The first-order valence-corrected chi connectivity index (χ1v) is 6.19. The Morgan fingerprint density at radius 1 is 1.47 bits per heavy atom. The number of carboxylic acids is 1. The van der Waals surface area contributed by atoms with E-state index in [4.69, 9.17) is 9.84 Å². The van der Waals surface area contributed by atoms with Crippen LogP contribution in [0.5, 0.6) is 0 Å². The van der Waals surface area contributed by atoms with Crippen molar-refractivity contribution in [1.82, 2.24) is 4.72 Å². The third kappa shape index (κ3) is 5.71. The molecule has 7 heteroatoms. The molecule has 2 N–H and O–H groups in total. The highest BCUT2D eigenvalue weighted by Gasteiger charge is 2.31. The van der Waals surface area contributed by atoms with E-state index in [9.17, 15) is 13.2 Å². The van der Waals surface area contributed by atoms with Crippen molar-refractivity contribution in [2.75, 3.05) is 19.0 Å². The molecule has 0 spiro atoms. The number of ether oxygens (including phenoxy) is 1. The van der Waals surface area contributed by atoms with Gasteiger partial charge >= 0.3 is 5.97 Å². The minimum atomic E-state index is -3.61. The van der Waals surface area contributed by atoms with Gasteiger partial charge in [-0.3, -0.25) is 4.79 Å². The molecule has 0 aliphatic carbocycles. The van der Waals surface area contributed by atoms with Crippen LogP contribution in [0.1, 0.15) is 20.8 Å². The van der Waals surface area contributed by atoms with E-state index >= 15 is 0 Å². The zero-order chi connectivity index (χ0) is 12.1. The normalized spacial score (nSPS) is 12.7. The third-order valence-corrected chi connectivity index (χ3v) is 3.17. The zero-order valence-electron chi connectivity index (χ0n) is 9.11. The summed E-state index contributed by atoms with van der Waals surface area (Å²) in [4.78, 5) is 10.7. The van der Waals surface area contributed by atoms with Crippen molar-refractivity contribution in [2.24, 2.45) is 0 Å². The molecule has 15 heavy (non-hydrogen) atoms. The highest BCUT2D eigenvalue weighted by Crippen LogP contribution is 2.04. The highest BCUT2D eigenvalue weighted by molar-refractivity contribution is 7.89. The van der Waals surface area contributed by atoms with E-state index in [0.717, 1.165) is 0 Å². The molecule has 0 saturated heterocycles. The monoisotopic (exact) mass is 239 g/mol. The van der Waals surface area contributed by atoms with Crippen LogP contribution in [0.25, 0.3) is 0 Å². The topological polar surface area (TPSA) is 92.7 Å². The molecule has 90 valence electrons. The molecule has 0 aromatic rings. The number of aliphatic carboxylic acids is 1. The second-order valence-corrected chi connectivity index (χ2v) is 5.39. The summed E-state index contributed by atoms with van der Waals surface area (Å²) in [5, 5.41) is 8.72. The summed E-state index contributed by atoms with van der Waals surface area (Å²) < 4.78 is 29.7. The molecule has 0 amide bonds. The maximum Gasteiger partial charge on any atom is 0.324 e. The second kappa shape index (κ2) is 5.43. The lowest BCUT2D eigenvalue weighted by molar-refractivity contribution is -0.142. The van der Waals surface area contributed by atoms with Gasteiger partial charge in [-0.05, 0) is 20.8 Å². The Bertz CT molecular complexity index is 309. The minimum absolute atomic E-state index is 0.0571. The summed E-state index contributed by atoms with van der Waals surface area (Å²) >= 11 is 0. The molecule has 0 rings (SSSR count). The van der Waals surface area contributed by atoms with Crippen molar-refractivity contribution < 1.29 is 23.1 Å². The van der Waals surface area contributed by atoms with E-state index in [0.29, 0.717) is 6.61 Å². The predicted octanol–water partition coefficient (Wildman–Crippen LogP) is -0.194. The Labute approximate surface area is 89.7 Å². The van der Waals surface area contributed by atoms with E-state index in [1.54, 1.807) is 6.92 Å². The fourth-order valence-corrected chi connectivity index (χ4v) is 2.10. The molecule has 0 fully saturated rings. The molecule has 0 bridgehead atoms. The van der Waals surface area contributed by atoms with Crippen LogP contribution in [0.3, 0.4) is 0 Å². The molecule has 0 aromatic heterocycles. The molecule has 0 aliphatic rings. The molecule has 0 aliphatic heterocycles. The quantitative estimate of drug-likeness (QED) is 0.600. The van der Waals surface area contributed by atoms with E-state index < -0.39 is 21.5 Å². The number of rotatable bonds is 7. The van der Waals surface area contributed by atoms with E-state index in [-0.39, 0.29) is 12.4 Å². The lowest BCUT2D eigenvalue weighted by atomic mass is 10.1. The first kappa shape index (κ1) is 14.3.